The van der Waals surface area contributed by atoms with Crippen molar-refractivity contribution in [3.05, 3.63) is 106 Å². The largest absolute Gasteiger partial charge is 0.507 e. The molecule has 148 valence electrons. The Morgan fingerprint density at radius 1 is 0.967 bits per heavy atom. The Labute approximate surface area is 170 Å². The number of rotatable bonds is 4. The quantitative estimate of drug-likeness (QED) is 0.235. The second-order valence-corrected chi connectivity index (χ2v) is 6.54. The van der Waals surface area contributed by atoms with E-state index in [1.165, 1.54) is 30.5 Å². The van der Waals surface area contributed by atoms with Crippen molar-refractivity contribution >= 4 is 29.0 Å². The Kier molecular flexibility index (Phi) is 4.81. The number of carbonyl (C=O) groups is 2. The Hall–Kier alpha value is -4.33. The lowest BCUT2D eigenvalue weighted by Crippen LogP contribution is -2.30. The Morgan fingerprint density at radius 2 is 1.63 bits per heavy atom. The average molecular weight is 401 g/mol. The zero-order chi connectivity index (χ0) is 21.3. The van der Waals surface area contributed by atoms with E-state index in [9.17, 15) is 24.8 Å². The van der Waals surface area contributed by atoms with Crippen LogP contribution in [0.25, 0.3) is 5.76 Å². The molecule has 1 amide bonds. The van der Waals surface area contributed by atoms with Gasteiger partial charge in [-0.1, -0.05) is 48.5 Å². The van der Waals surface area contributed by atoms with E-state index in [0.717, 1.165) is 4.90 Å². The normalized spacial score (nSPS) is 17.9. The first-order chi connectivity index (χ1) is 14.5. The summed E-state index contributed by atoms with van der Waals surface area (Å²) in [7, 11) is 0. The highest BCUT2D eigenvalue weighted by Crippen LogP contribution is 2.44. The summed E-state index contributed by atoms with van der Waals surface area (Å²) in [4.78, 5) is 42.2. The maximum Gasteiger partial charge on any atom is 0.301 e. The van der Waals surface area contributed by atoms with Crippen LogP contribution in [0.3, 0.4) is 0 Å². The van der Waals surface area contributed by atoms with Crippen LogP contribution in [0.15, 0.2) is 84.6 Å². The monoisotopic (exact) mass is 401 g/mol. The highest BCUT2D eigenvalue weighted by molar-refractivity contribution is 6.51. The number of aliphatic hydroxyl groups is 1. The van der Waals surface area contributed by atoms with Crippen LogP contribution in [0, 0.1) is 10.1 Å². The summed E-state index contributed by atoms with van der Waals surface area (Å²) in [5, 5.41) is 22.6. The van der Waals surface area contributed by atoms with Gasteiger partial charge in [-0.3, -0.25) is 24.6 Å². The molecule has 1 aromatic heterocycles. The minimum absolute atomic E-state index is 0.102. The van der Waals surface area contributed by atoms with Crippen molar-refractivity contribution in [3.63, 3.8) is 0 Å². The number of aliphatic hydroxyl groups excluding tert-OH is 1. The highest BCUT2D eigenvalue weighted by atomic mass is 16.6. The lowest BCUT2D eigenvalue weighted by atomic mass is 9.94. The number of nitrogens with zero attached hydrogens (tertiary/aromatic N) is 3. The SMILES string of the molecule is O=C1C(=O)N(c2ccccn2)[C@H](c2ccccc2[N+](=O)[O-])C1=C(O)c1ccccc1. The van der Waals surface area contributed by atoms with Gasteiger partial charge in [0.1, 0.15) is 17.6 Å². The fourth-order valence-corrected chi connectivity index (χ4v) is 3.50. The van der Waals surface area contributed by atoms with Crippen LogP contribution < -0.4 is 4.90 Å². The van der Waals surface area contributed by atoms with Gasteiger partial charge in [0.25, 0.3) is 11.5 Å². The predicted octanol–water partition coefficient (Wildman–Crippen LogP) is 3.62. The van der Waals surface area contributed by atoms with E-state index in [2.05, 4.69) is 4.98 Å². The summed E-state index contributed by atoms with van der Waals surface area (Å²) < 4.78 is 0. The first-order valence-corrected chi connectivity index (χ1v) is 9.01. The fourth-order valence-electron chi connectivity index (χ4n) is 3.50. The summed E-state index contributed by atoms with van der Waals surface area (Å²) in [6.45, 7) is 0. The van der Waals surface area contributed by atoms with Crippen LogP contribution in [-0.2, 0) is 9.59 Å². The molecular weight excluding hydrogens is 386 g/mol. The van der Waals surface area contributed by atoms with Gasteiger partial charge < -0.3 is 5.11 Å². The number of nitro groups is 1. The van der Waals surface area contributed by atoms with Crippen molar-refractivity contribution in [2.75, 3.05) is 4.90 Å². The van der Waals surface area contributed by atoms with E-state index in [-0.39, 0.29) is 22.6 Å². The molecule has 0 aliphatic carbocycles. The first-order valence-electron chi connectivity index (χ1n) is 9.01. The molecule has 2 aromatic carbocycles. The molecule has 0 radical (unpaired) electrons. The number of nitro benzene ring substituents is 1. The first kappa shape index (κ1) is 19.0. The molecule has 0 saturated carbocycles. The fraction of sp³-hybridized carbons (Fsp3) is 0.0455. The van der Waals surface area contributed by atoms with Crippen LogP contribution in [0.1, 0.15) is 17.2 Å². The molecule has 2 heterocycles. The number of hydrogen-bond donors (Lipinski definition) is 1. The number of para-hydroxylation sites is 1. The second kappa shape index (κ2) is 7.59. The minimum atomic E-state index is -1.21. The molecule has 1 saturated heterocycles. The van der Waals surface area contributed by atoms with Crippen LogP contribution in [0.5, 0.6) is 0 Å². The molecule has 8 nitrogen and oxygen atoms in total. The number of hydrogen-bond acceptors (Lipinski definition) is 6. The maximum absolute atomic E-state index is 13.0. The van der Waals surface area contributed by atoms with Gasteiger partial charge in [-0.05, 0) is 18.2 Å². The summed E-state index contributed by atoms with van der Waals surface area (Å²) >= 11 is 0. The van der Waals surface area contributed by atoms with Crippen molar-refractivity contribution in [1.29, 1.82) is 0 Å². The van der Waals surface area contributed by atoms with Crippen molar-refractivity contribution in [3.8, 4) is 0 Å². The molecule has 1 fully saturated rings. The van der Waals surface area contributed by atoms with Crippen molar-refractivity contribution in [2.24, 2.45) is 0 Å². The van der Waals surface area contributed by atoms with Gasteiger partial charge in [-0.15, -0.1) is 0 Å². The van der Waals surface area contributed by atoms with Gasteiger partial charge in [0.15, 0.2) is 0 Å². The second-order valence-electron chi connectivity index (χ2n) is 6.54. The molecule has 0 spiro atoms. The molecule has 1 atom stereocenters. The zero-order valence-electron chi connectivity index (χ0n) is 15.5. The van der Waals surface area contributed by atoms with Crippen molar-refractivity contribution < 1.29 is 19.6 Å². The highest BCUT2D eigenvalue weighted by Gasteiger charge is 2.49. The number of benzene rings is 2. The molecule has 1 aliphatic rings. The molecule has 3 aromatic rings. The maximum atomic E-state index is 13.0. The molecule has 0 unspecified atom stereocenters. The van der Waals surface area contributed by atoms with E-state index in [4.69, 9.17) is 0 Å². The van der Waals surface area contributed by atoms with Gasteiger partial charge in [0.2, 0.25) is 0 Å². The van der Waals surface area contributed by atoms with Crippen LogP contribution in [-0.4, -0.2) is 26.7 Å². The number of aromatic nitrogens is 1. The van der Waals surface area contributed by atoms with Gasteiger partial charge in [-0.2, -0.15) is 0 Å². The van der Waals surface area contributed by atoms with Crippen LogP contribution in [0.2, 0.25) is 0 Å². The van der Waals surface area contributed by atoms with Gasteiger partial charge in [0, 0.05) is 17.8 Å². The number of anilines is 1. The number of carbonyl (C=O) groups excluding carboxylic acids is 2. The van der Waals surface area contributed by atoms with Gasteiger partial charge in [-0.25, -0.2) is 4.98 Å². The molecule has 1 N–H and O–H groups in total. The average Bonchev–Trinajstić information content (AvgIpc) is 3.05. The third kappa shape index (κ3) is 3.10. The predicted molar refractivity (Wildman–Crippen MR) is 109 cm³/mol. The van der Waals surface area contributed by atoms with Crippen LogP contribution in [0.4, 0.5) is 11.5 Å². The molecule has 4 rings (SSSR count). The summed E-state index contributed by atoms with van der Waals surface area (Å²) in [6.07, 6.45) is 1.45. The lowest BCUT2D eigenvalue weighted by Gasteiger charge is -2.24. The number of ketones is 1. The van der Waals surface area contributed by atoms with E-state index in [1.54, 1.807) is 48.5 Å². The number of Topliss-reactive ketones (excluding diaryl/α,β-unsaturated/α-hetero) is 1. The summed E-state index contributed by atoms with van der Waals surface area (Å²) in [6, 6.07) is 17.7. The molecule has 8 heteroatoms. The molecule has 1 aliphatic heterocycles. The molecular formula is C22H15N3O5. The lowest BCUT2D eigenvalue weighted by molar-refractivity contribution is -0.385. The van der Waals surface area contributed by atoms with Crippen molar-refractivity contribution in [2.45, 2.75) is 6.04 Å². The minimum Gasteiger partial charge on any atom is -0.507 e. The van der Waals surface area contributed by atoms with Gasteiger partial charge in [0.05, 0.1) is 16.1 Å². The Bertz CT molecular complexity index is 1180. The number of pyridine rings is 1. The zero-order valence-corrected chi connectivity index (χ0v) is 15.5. The summed E-state index contributed by atoms with van der Waals surface area (Å²) in [5.74, 6) is -2.12. The van der Waals surface area contributed by atoms with Crippen LogP contribution >= 0.6 is 0 Å². The Morgan fingerprint density at radius 3 is 2.30 bits per heavy atom. The van der Waals surface area contributed by atoms with E-state index < -0.39 is 28.4 Å². The third-order valence-corrected chi connectivity index (χ3v) is 4.82. The van der Waals surface area contributed by atoms with E-state index in [1.807, 2.05) is 0 Å². The van der Waals surface area contributed by atoms with E-state index >= 15 is 0 Å². The van der Waals surface area contributed by atoms with Gasteiger partial charge >= 0.3 is 5.91 Å². The topological polar surface area (TPSA) is 114 Å². The standard InChI is InChI=1S/C22H15N3O5/c26-20(14-8-2-1-3-9-14)18-19(15-10-4-5-11-16(15)25(29)30)24(22(28)21(18)27)17-12-6-7-13-23-17/h1-13,19,26H/t19-/m1/s1. The van der Waals surface area contributed by atoms with E-state index in [0.29, 0.717) is 5.56 Å². The molecule has 30 heavy (non-hydrogen) atoms. The molecule has 0 bridgehead atoms. The number of amides is 1. The van der Waals surface area contributed by atoms with Crippen molar-refractivity contribution in [1.82, 2.24) is 4.98 Å². The Balaban J connectivity index is 2.02. The summed E-state index contributed by atoms with van der Waals surface area (Å²) in [5.41, 5.74) is -0.0830. The smallest absolute Gasteiger partial charge is 0.301 e. The third-order valence-electron chi connectivity index (χ3n) is 4.82.